The standard InChI is InChI=1S/C23H27N5O2/c1-14-6-4-5-7-19(14)21-20-13-27(12-18-8-9-24-26-18)10-17(20)11-28(21)23(29)22-15(2)25-16(3)30-22/h4-9,17,20-21H,10-13H2,1-3H3,(H,24,26)/t17-,20-,21+/m0/s1. The van der Waals surface area contributed by atoms with E-state index in [4.69, 9.17) is 4.42 Å². The number of amides is 1. The lowest BCUT2D eigenvalue weighted by atomic mass is 9.87. The summed E-state index contributed by atoms with van der Waals surface area (Å²) >= 11 is 0. The second-order valence-electron chi connectivity index (χ2n) is 8.61. The van der Waals surface area contributed by atoms with Crippen molar-refractivity contribution in [3.05, 3.63) is 70.7 Å². The first kappa shape index (κ1) is 19.1. The first-order valence-corrected chi connectivity index (χ1v) is 10.5. The third-order valence-corrected chi connectivity index (χ3v) is 6.56. The van der Waals surface area contributed by atoms with E-state index >= 15 is 0 Å². The molecule has 1 N–H and O–H groups in total. The maximum Gasteiger partial charge on any atom is 0.292 e. The van der Waals surface area contributed by atoms with Crippen LogP contribution in [0.1, 0.15) is 45.0 Å². The van der Waals surface area contributed by atoms with Crippen LogP contribution in [0.15, 0.2) is 40.9 Å². The van der Waals surface area contributed by atoms with Gasteiger partial charge < -0.3 is 9.32 Å². The largest absolute Gasteiger partial charge is 0.436 e. The van der Waals surface area contributed by atoms with Crippen LogP contribution in [0.5, 0.6) is 0 Å². The highest BCUT2D eigenvalue weighted by atomic mass is 16.4. The zero-order valence-corrected chi connectivity index (χ0v) is 17.6. The molecule has 7 nitrogen and oxygen atoms in total. The molecule has 0 aliphatic carbocycles. The van der Waals surface area contributed by atoms with Gasteiger partial charge in [-0.15, -0.1) is 0 Å². The van der Waals surface area contributed by atoms with Crippen molar-refractivity contribution in [2.24, 2.45) is 11.8 Å². The number of carbonyl (C=O) groups excluding carboxylic acids is 1. The Morgan fingerprint density at radius 2 is 2.00 bits per heavy atom. The topological polar surface area (TPSA) is 78.3 Å². The van der Waals surface area contributed by atoms with E-state index < -0.39 is 0 Å². The summed E-state index contributed by atoms with van der Waals surface area (Å²) in [6.45, 7) is 9.30. The fourth-order valence-corrected chi connectivity index (χ4v) is 5.27. The van der Waals surface area contributed by atoms with E-state index in [1.807, 2.05) is 17.9 Å². The number of fused-ring (bicyclic) bond motifs is 1. The van der Waals surface area contributed by atoms with Gasteiger partial charge in [-0.25, -0.2) is 4.98 Å². The number of likely N-dealkylation sites (tertiary alicyclic amines) is 2. The number of rotatable bonds is 4. The molecule has 4 heterocycles. The van der Waals surface area contributed by atoms with Crippen LogP contribution in [0.4, 0.5) is 0 Å². The lowest BCUT2D eigenvalue weighted by Gasteiger charge is -2.30. The number of benzene rings is 1. The van der Waals surface area contributed by atoms with Crippen LogP contribution in [0.2, 0.25) is 0 Å². The maximum absolute atomic E-state index is 13.5. The number of carbonyl (C=O) groups is 1. The molecule has 2 aliphatic heterocycles. The molecule has 5 rings (SSSR count). The molecule has 0 radical (unpaired) electrons. The number of hydrogen-bond acceptors (Lipinski definition) is 5. The molecular weight excluding hydrogens is 378 g/mol. The van der Waals surface area contributed by atoms with Gasteiger partial charge in [0, 0.05) is 50.9 Å². The Hall–Kier alpha value is -2.93. The highest BCUT2D eigenvalue weighted by Gasteiger charge is 2.50. The van der Waals surface area contributed by atoms with E-state index in [-0.39, 0.29) is 11.9 Å². The number of hydrogen-bond donors (Lipinski definition) is 1. The lowest BCUT2D eigenvalue weighted by molar-refractivity contribution is 0.0664. The highest BCUT2D eigenvalue weighted by Crippen LogP contribution is 2.46. The van der Waals surface area contributed by atoms with Gasteiger partial charge in [0.15, 0.2) is 5.89 Å². The van der Waals surface area contributed by atoms with Crippen LogP contribution in [0, 0.1) is 32.6 Å². The zero-order chi connectivity index (χ0) is 20.8. The molecule has 0 spiro atoms. The Balaban J connectivity index is 1.46. The number of aromatic amines is 1. The molecule has 2 saturated heterocycles. The van der Waals surface area contributed by atoms with Gasteiger partial charge in [-0.3, -0.25) is 14.8 Å². The first-order chi connectivity index (χ1) is 14.5. The zero-order valence-electron chi connectivity index (χ0n) is 17.6. The highest BCUT2D eigenvalue weighted by molar-refractivity contribution is 5.93. The van der Waals surface area contributed by atoms with Crippen molar-refractivity contribution in [3.8, 4) is 0 Å². The summed E-state index contributed by atoms with van der Waals surface area (Å²) in [6.07, 6.45) is 1.80. The molecule has 30 heavy (non-hydrogen) atoms. The second-order valence-corrected chi connectivity index (χ2v) is 8.61. The minimum Gasteiger partial charge on any atom is -0.436 e. The smallest absolute Gasteiger partial charge is 0.292 e. The summed E-state index contributed by atoms with van der Waals surface area (Å²) in [5, 5.41) is 7.13. The van der Waals surface area contributed by atoms with Crippen molar-refractivity contribution < 1.29 is 9.21 Å². The van der Waals surface area contributed by atoms with Crippen molar-refractivity contribution in [1.29, 1.82) is 0 Å². The van der Waals surface area contributed by atoms with Crippen molar-refractivity contribution in [2.45, 2.75) is 33.4 Å². The molecule has 1 aromatic carbocycles. The van der Waals surface area contributed by atoms with E-state index in [9.17, 15) is 4.79 Å². The second kappa shape index (κ2) is 7.40. The summed E-state index contributed by atoms with van der Waals surface area (Å²) in [7, 11) is 0. The fraction of sp³-hybridized carbons (Fsp3) is 0.435. The quantitative estimate of drug-likeness (QED) is 0.721. The molecule has 1 amide bonds. The van der Waals surface area contributed by atoms with E-state index in [1.54, 1.807) is 13.1 Å². The summed E-state index contributed by atoms with van der Waals surface area (Å²) in [5.74, 6) is 1.69. The van der Waals surface area contributed by atoms with Crippen LogP contribution in [-0.2, 0) is 6.54 Å². The van der Waals surface area contributed by atoms with Gasteiger partial charge in [-0.1, -0.05) is 24.3 Å². The van der Waals surface area contributed by atoms with E-state index in [2.05, 4.69) is 51.3 Å². The molecule has 156 valence electrons. The summed E-state index contributed by atoms with van der Waals surface area (Å²) in [6, 6.07) is 10.5. The minimum absolute atomic E-state index is 0.0419. The Labute approximate surface area is 176 Å². The number of aromatic nitrogens is 3. The molecule has 3 aromatic rings. The predicted octanol–water partition coefficient (Wildman–Crippen LogP) is 3.27. The number of nitrogens with zero attached hydrogens (tertiary/aromatic N) is 4. The Morgan fingerprint density at radius 3 is 2.70 bits per heavy atom. The molecule has 2 aromatic heterocycles. The molecule has 7 heteroatoms. The fourth-order valence-electron chi connectivity index (χ4n) is 5.27. The maximum atomic E-state index is 13.5. The van der Waals surface area contributed by atoms with Crippen LogP contribution >= 0.6 is 0 Å². The SMILES string of the molecule is Cc1nc(C)c(C(=O)N2C[C@@H]3CN(Cc4ccn[nH]4)C[C@@H]3[C@H]2c2ccccc2C)o1. The Kier molecular flexibility index (Phi) is 4.70. The number of H-pyrrole nitrogens is 1. The molecule has 2 fully saturated rings. The van der Waals surface area contributed by atoms with Gasteiger partial charge in [-0.2, -0.15) is 5.10 Å². The van der Waals surface area contributed by atoms with Crippen LogP contribution in [0.25, 0.3) is 0 Å². The van der Waals surface area contributed by atoms with Gasteiger partial charge in [0.05, 0.1) is 11.7 Å². The van der Waals surface area contributed by atoms with E-state index in [0.29, 0.717) is 29.2 Å². The summed E-state index contributed by atoms with van der Waals surface area (Å²) < 4.78 is 5.69. The molecule has 2 aliphatic rings. The molecule has 0 saturated carbocycles. The molecule has 0 unspecified atom stereocenters. The van der Waals surface area contributed by atoms with Crippen molar-refractivity contribution in [3.63, 3.8) is 0 Å². The normalized spacial score (nSPS) is 23.8. The predicted molar refractivity (Wildman–Crippen MR) is 112 cm³/mol. The van der Waals surface area contributed by atoms with Crippen LogP contribution in [0.3, 0.4) is 0 Å². The van der Waals surface area contributed by atoms with E-state index in [0.717, 1.165) is 31.9 Å². The van der Waals surface area contributed by atoms with Gasteiger partial charge in [0.25, 0.3) is 5.91 Å². The first-order valence-electron chi connectivity index (χ1n) is 10.5. The van der Waals surface area contributed by atoms with Gasteiger partial charge >= 0.3 is 0 Å². The Bertz CT molecular complexity index is 1060. The van der Waals surface area contributed by atoms with Gasteiger partial charge in [0.1, 0.15) is 0 Å². The van der Waals surface area contributed by atoms with E-state index in [1.165, 1.54) is 11.1 Å². The average molecular weight is 406 g/mol. The number of oxazole rings is 1. The number of aryl methyl sites for hydroxylation is 3. The summed E-state index contributed by atoms with van der Waals surface area (Å²) in [5.41, 5.74) is 4.25. The third-order valence-electron chi connectivity index (χ3n) is 6.56. The average Bonchev–Trinajstić information content (AvgIpc) is 3.47. The molecule has 3 atom stereocenters. The number of nitrogens with one attached hydrogen (secondary N) is 1. The lowest BCUT2D eigenvalue weighted by Crippen LogP contribution is -2.36. The molecular formula is C23H27N5O2. The summed E-state index contributed by atoms with van der Waals surface area (Å²) in [4.78, 5) is 22.3. The van der Waals surface area contributed by atoms with Gasteiger partial charge in [0.2, 0.25) is 5.76 Å². The monoisotopic (exact) mass is 405 g/mol. The van der Waals surface area contributed by atoms with Crippen LogP contribution < -0.4 is 0 Å². The van der Waals surface area contributed by atoms with Gasteiger partial charge in [-0.05, 0) is 37.0 Å². The minimum atomic E-state index is -0.0455. The van der Waals surface area contributed by atoms with Crippen molar-refractivity contribution in [1.82, 2.24) is 25.0 Å². The van der Waals surface area contributed by atoms with Crippen molar-refractivity contribution >= 4 is 5.91 Å². The third kappa shape index (κ3) is 3.23. The molecule has 0 bridgehead atoms. The Morgan fingerprint density at radius 1 is 1.17 bits per heavy atom. The van der Waals surface area contributed by atoms with Crippen molar-refractivity contribution in [2.75, 3.05) is 19.6 Å². The van der Waals surface area contributed by atoms with Crippen LogP contribution in [-0.4, -0.2) is 50.5 Å².